The van der Waals surface area contributed by atoms with Crippen LogP contribution in [0.15, 0.2) is 34.0 Å². The van der Waals surface area contributed by atoms with Gasteiger partial charge in [0.25, 0.3) is 5.91 Å². The number of hydrogen-bond acceptors (Lipinski definition) is 8. The van der Waals surface area contributed by atoms with E-state index in [1.54, 1.807) is 30.1 Å². The standard InChI is InChI=1S/C17H21N5O3S/c1-16(2)9-17(3,22-14(18)26-16)12-7-10(5-6-19-12)20-13(23)11-8-25-15(21-11)24-4/h5-8H,9H2,1-4H3,(H2,18,22)(H,19,20,23)/t17-/m0/s1. The number of nitrogens with zero attached hydrogens (tertiary/aromatic N) is 3. The molecule has 26 heavy (non-hydrogen) atoms. The molecular weight excluding hydrogens is 354 g/mol. The summed E-state index contributed by atoms with van der Waals surface area (Å²) in [6.45, 7) is 6.25. The SMILES string of the molecule is COc1nc(C(=O)Nc2ccnc([C@]3(C)CC(C)(C)SC(N)=N3)c2)co1. The number of carbonyl (C=O) groups excluding carboxylic acids is 1. The number of thioether (sulfide) groups is 1. The molecule has 0 fully saturated rings. The minimum atomic E-state index is -0.559. The van der Waals surface area contributed by atoms with Gasteiger partial charge in [-0.1, -0.05) is 25.6 Å². The van der Waals surface area contributed by atoms with Crippen LogP contribution < -0.4 is 15.8 Å². The van der Waals surface area contributed by atoms with Gasteiger partial charge in [0.1, 0.15) is 11.8 Å². The molecule has 3 heterocycles. The van der Waals surface area contributed by atoms with Gasteiger partial charge in [-0.05, 0) is 25.5 Å². The van der Waals surface area contributed by atoms with E-state index < -0.39 is 11.4 Å². The number of amides is 1. The van der Waals surface area contributed by atoms with Crippen LogP contribution in [-0.4, -0.2) is 32.9 Å². The minimum absolute atomic E-state index is 0.0322. The van der Waals surface area contributed by atoms with E-state index in [0.717, 1.165) is 12.1 Å². The van der Waals surface area contributed by atoms with Crippen molar-refractivity contribution >= 4 is 28.5 Å². The molecular formula is C17H21N5O3S. The van der Waals surface area contributed by atoms with E-state index in [9.17, 15) is 4.79 Å². The van der Waals surface area contributed by atoms with E-state index in [1.807, 2.05) is 6.92 Å². The smallest absolute Gasteiger partial charge is 0.393 e. The Labute approximate surface area is 155 Å². The fraction of sp³-hybridized carbons (Fsp3) is 0.412. The Bertz CT molecular complexity index is 864. The molecule has 1 aliphatic rings. The van der Waals surface area contributed by atoms with E-state index in [4.69, 9.17) is 14.9 Å². The fourth-order valence-electron chi connectivity index (χ4n) is 3.05. The maximum atomic E-state index is 12.3. The molecule has 2 aromatic heterocycles. The van der Waals surface area contributed by atoms with Crippen molar-refractivity contribution in [3.63, 3.8) is 0 Å². The number of rotatable bonds is 4. The number of aliphatic imine (C=N–C) groups is 1. The largest absolute Gasteiger partial charge is 0.454 e. The van der Waals surface area contributed by atoms with Crippen LogP contribution in [0.4, 0.5) is 5.69 Å². The van der Waals surface area contributed by atoms with Gasteiger partial charge in [-0.2, -0.15) is 4.98 Å². The third kappa shape index (κ3) is 3.82. The number of hydrogen-bond donors (Lipinski definition) is 2. The third-order valence-corrected chi connectivity index (χ3v) is 4.97. The molecule has 1 aliphatic heterocycles. The number of anilines is 1. The first-order chi connectivity index (χ1) is 12.2. The molecule has 0 saturated heterocycles. The van der Waals surface area contributed by atoms with Gasteiger partial charge < -0.3 is 20.2 Å². The van der Waals surface area contributed by atoms with Gasteiger partial charge in [0.05, 0.1) is 12.8 Å². The van der Waals surface area contributed by atoms with E-state index in [2.05, 4.69) is 34.1 Å². The van der Waals surface area contributed by atoms with Crippen LogP contribution in [0, 0.1) is 0 Å². The number of nitrogens with one attached hydrogen (secondary N) is 1. The molecule has 3 rings (SSSR count). The van der Waals surface area contributed by atoms with Gasteiger partial charge >= 0.3 is 6.08 Å². The number of oxazole rings is 1. The highest BCUT2D eigenvalue weighted by molar-refractivity contribution is 8.15. The van der Waals surface area contributed by atoms with Crippen molar-refractivity contribution in [1.29, 1.82) is 0 Å². The number of ether oxygens (including phenoxy) is 1. The highest BCUT2D eigenvalue weighted by Gasteiger charge is 2.40. The average molecular weight is 375 g/mol. The highest BCUT2D eigenvalue weighted by atomic mass is 32.2. The lowest BCUT2D eigenvalue weighted by Crippen LogP contribution is -2.38. The van der Waals surface area contributed by atoms with Crippen LogP contribution in [0.2, 0.25) is 0 Å². The molecule has 0 radical (unpaired) electrons. The van der Waals surface area contributed by atoms with Crippen molar-refractivity contribution in [2.45, 2.75) is 37.5 Å². The van der Waals surface area contributed by atoms with Gasteiger partial charge in [0.2, 0.25) is 0 Å². The zero-order valence-electron chi connectivity index (χ0n) is 15.1. The maximum absolute atomic E-state index is 12.3. The molecule has 0 spiro atoms. The van der Waals surface area contributed by atoms with E-state index in [0.29, 0.717) is 10.9 Å². The second-order valence-corrected chi connectivity index (χ2v) is 8.58. The lowest BCUT2D eigenvalue weighted by Gasteiger charge is -2.38. The van der Waals surface area contributed by atoms with E-state index in [1.165, 1.54) is 13.4 Å². The Balaban J connectivity index is 1.84. The molecule has 138 valence electrons. The Kier molecular flexibility index (Phi) is 4.66. The summed E-state index contributed by atoms with van der Waals surface area (Å²) in [6, 6.07) is 3.51. The van der Waals surface area contributed by atoms with E-state index in [-0.39, 0.29) is 16.5 Å². The van der Waals surface area contributed by atoms with Crippen LogP contribution in [-0.2, 0) is 5.54 Å². The maximum Gasteiger partial charge on any atom is 0.393 e. The summed E-state index contributed by atoms with van der Waals surface area (Å²) in [6.07, 6.45) is 3.68. The van der Waals surface area contributed by atoms with Gasteiger partial charge in [-0.3, -0.25) is 9.78 Å². The zero-order chi connectivity index (χ0) is 18.9. The number of carbonyl (C=O) groups is 1. The number of amidine groups is 1. The quantitative estimate of drug-likeness (QED) is 0.844. The fourth-order valence-corrected chi connectivity index (χ4v) is 4.22. The van der Waals surface area contributed by atoms with Crippen molar-refractivity contribution < 1.29 is 13.9 Å². The van der Waals surface area contributed by atoms with E-state index >= 15 is 0 Å². The first-order valence-electron chi connectivity index (χ1n) is 8.02. The Morgan fingerprint density at radius 2 is 2.19 bits per heavy atom. The molecule has 8 nitrogen and oxygen atoms in total. The van der Waals surface area contributed by atoms with Gasteiger partial charge in [-0.25, -0.2) is 4.99 Å². The summed E-state index contributed by atoms with van der Waals surface area (Å²) in [5, 5.41) is 3.32. The van der Waals surface area contributed by atoms with Crippen molar-refractivity contribution in [2.75, 3.05) is 12.4 Å². The molecule has 2 aromatic rings. The summed E-state index contributed by atoms with van der Waals surface area (Å²) in [4.78, 5) is 25.3. The van der Waals surface area contributed by atoms with Crippen molar-refractivity contribution in [3.05, 3.63) is 36.0 Å². The second kappa shape index (κ2) is 6.64. The third-order valence-electron chi connectivity index (χ3n) is 3.97. The summed E-state index contributed by atoms with van der Waals surface area (Å²) >= 11 is 1.56. The molecule has 0 unspecified atom stereocenters. The summed E-state index contributed by atoms with van der Waals surface area (Å²) in [7, 11) is 1.42. The molecule has 0 bridgehead atoms. The summed E-state index contributed by atoms with van der Waals surface area (Å²) in [5.41, 5.74) is 6.92. The Hall–Kier alpha value is -2.55. The van der Waals surface area contributed by atoms with Gasteiger partial charge in [0, 0.05) is 16.6 Å². The number of pyridine rings is 1. The number of nitrogens with two attached hydrogens (primary N) is 1. The zero-order valence-corrected chi connectivity index (χ0v) is 15.9. The molecule has 1 atom stereocenters. The predicted molar refractivity (Wildman–Crippen MR) is 101 cm³/mol. The van der Waals surface area contributed by atoms with Crippen molar-refractivity contribution in [1.82, 2.24) is 9.97 Å². The second-order valence-electron chi connectivity index (χ2n) is 6.85. The van der Waals surface area contributed by atoms with Gasteiger partial charge in [-0.15, -0.1) is 0 Å². The lowest BCUT2D eigenvalue weighted by atomic mass is 9.87. The van der Waals surface area contributed by atoms with Crippen LogP contribution in [0.1, 0.15) is 43.4 Å². The Morgan fingerprint density at radius 1 is 1.42 bits per heavy atom. The van der Waals surface area contributed by atoms with Crippen molar-refractivity contribution in [3.8, 4) is 6.08 Å². The highest BCUT2D eigenvalue weighted by Crippen LogP contribution is 2.44. The number of methoxy groups -OCH3 is 1. The number of aromatic nitrogens is 2. The van der Waals surface area contributed by atoms with Crippen LogP contribution in [0.3, 0.4) is 0 Å². The monoisotopic (exact) mass is 375 g/mol. The molecule has 1 amide bonds. The molecule has 3 N–H and O–H groups in total. The minimum Gasteiger partial charge on any atom is -0.454 e. The van der Waals surface area contributed by atoms with Crippen molar-refractivity contribution in [2.24, 2.45) is 10.7 Å². The van der Waals surface area contributed by atoms with Crippen LogP contribution in [0.25, 0.3) is 0 Å². The normalized spacial score (nSPS) is 21.8. The topological polar surface area (TPSA) is 116 Å². The van der Waals surface area contributed by atoms with Crippen LogP contribution in [0.5, 0.6) is 6.08 Å². The molecule has 9 heteroatoms. The molecule has 0 aliphatic carbocycles. The average Bonchev–Trinajstić information content (AvgIpc) is 3.02. The summed E-state index contributed by atoms with van der Waals surface area (Å²) < 4.78 is 9.79. The first-order valence-corrected chi connectivity index (χ1v) is 8.84. The lowest BCUT2D eigenvalue weighted by molar-refractivity contribution is 0.102. The van der Waals surface area contributed by atoms with Crippen LogP contribution >= 0.6 is 11.8 Å². The molecule has 0 aromatic carbocycles. The first kappa shape index (κ1) is 18.2. The van der Waals surface area contributed by atoms with Gasteiger partial charge in [0.15, 0.2) is 10.9 Å². The Morgan fingerprint density at radius 3 is 2.85 bits per heavy atom. The summed E-state index contributed by atoms with van der Waals surface area (Å²) in [5.74, 6) is -0.401. The predicted octanol–water partition coefficient (Wildman–Crippen LogP) is 2.78. The molecule has 0 saturated carbocycles.